The summed E-state index contributed by atoms with van der Waals surface area (Å²) < 4.78 is 10.7. The van der Waals surface area contributed by atoms with Crippen LogP contribution in [0.15, 0.2) is 0 Å². The number of carbonyl (C=O) groups is 1. The normalized spacial score (nSPS) is 33.8. The zero-order chi connectivity index (χ0) is 15.8. The summed E-state index contributed by atoms with van der Waals surface area (Å²) in [6.45, 7) is 6.85. The summed E-state index contributed by atoms with van der Waals surface area (Å²) in [6.07, 6.45) is -0.0670. The molecule has 5 atom stereocenters. The van der Waals surface area contributed by atoms with E-state index in [1.165, 1.54) is 7.11 Å². The molecule has 0 aromatic carbocycles. The molecule has 122 valence electrons. The molecule has 2 saturated heterocycles. The van der Waals surface area contributed by atoms with Crippen molar-refractivity contribution in [2.45, 2.75) is 63.6 Å². The van der Waals surface area contributed by atoms with Gasteiger partial charge in [0.2, 0.25) is 0 Å². The van der Waals surface area contributed by atoms with E-state index in [0.717, 1.165) is 13.1 Å². The van der Waals surface area contributed by atoms with Crippen LogP contribution in [-0.4, -0.2) is 71.2 Å². The van der Waals surface area contributed by atoms with Gasteiger partial charge in [0.05, 0.1) is 18.2 Å². The lowest BCUT2D eigenvalue weighted by Crippen LogP contribution is -2.55. The molecule has 2 aliphatic heterocycles. The first-order valence-corrected chi connectivity index (χ1v) is 7.70. The minimum absolute atomic E-state index is 0.136. The summed E-state index contributed by atoms with van der Waals surface area (Å²) in [7, 11) is 1.46. The number of hydrogen-bond donors (Lipinski definition) is 2. The highest BCUT2D eigenvalue weighted by Crippen LogP contribution is 2.33. The largest absolute Gasteiger partial charge is 0.458 e. The molecule has 0 bridgehead atoms. The molecular formula is C15H27NO5. The molecule has 6 nitrogen and oxygen atoms in total. The zero-order valence-corrected chi connectivity index (χ0v) is 13.3. The zero-order valence-electron chi connectivity index (χ0n) is 13.3. The van der Waals surface area contributed by atoms with Gasteiger partial charge in [-0.3, -0.25) is 4.90 Å². The molecule has 0 spiro atoms. The van der Waals surface area contributed by atoms with Crippen molar-refractivity contribution in [1.29, 1.82) is 0 Å². The Morgan fingerprint density at radius 2 is 1.90 bits per heavy atom. The fourth-order valence-corrected chi connectivity index (χ4v) is 3.48. The number of ether oxygens (including phenoxy) is 2. The molecule has 2 heterocycles. The molecule has 2 aliphatic rings. The number of esters is 1. The highest BCUT2D eigenvalue weighted by Gasteiger charge is 2.51. The smallest absolute Gasteiger partial charge is 0.341 e. The standard InChI is InChI=1S/C15H27NO5/c1-9(2)15(19,10(3)20-4)14(18)21-12-6-8-16-7-5-11(17)13(12)16/h9-13,17,19H,5-8H2,1-4H3/t10-,11+,12-,13-,15+/m1/s1. The second-order valence-corrected chi connectivity index (χ2v) is 6.47. The van der Waals surface area contributed by atoms with Gasteiger partial charge in [0.25, 0.3) is 0 Å². The third-order valence-corrected chi connectivity index (χ3v) is 5.05. The van der Waals surface area contributed by atoms with E-state index in [4.69, 9.17) is 9.47 Å². The van der Waals surface area contributed by atoms with Gasteiger partial charge in [0.1, 0.15) is 6.10 Å². The van der Waals surface area contributed by atoms with Crippen molar-refractivity contribution in [1.82, 2.24) is 4.90 Å². The van der Waals surface area contributed by atoms with Gasteiger partial charge < -0.3 is 19.7 Å². The van der Waals surface area contributed by atoms with Crippen LogP contribution in [0.1, 0.15) is 33.6 Å². The van der Waals surface area contributed by atoms with Crippen molar-refractivity contribution < 1.29 is 24.5 Å². The summed E-state index contributed by atoms with van der Waals surface area (Å²) in [5, 5.41) is 20.7. The molecule has 21 heavy (non-hydrogen) atoms. The van der Waals surface area contributed by atoms with Crippen molar-refractivity contribution >= 4 is 5.97 Å². The van der Waals surface area contributed by atoms with Crippen LogP contribution in [0.2, 0.25) is 0 Å². The molecule has 2 rings (SSSR count). The van der Waals surface area contributed by atoms with Crippen LogP contribution in [0.5, 0.6) is 0 Å². The first-order chi connectivity index (χ1) is 9.82. The third-order valence-electron chi connectivity index (χ3n) is 5.05. The average molecular weight is 301 g/mol. The Kier molecular flexibility index (Phi) is 4.92. The van der Waals surface area contributed by atoms with Crippen LogP contribution in [0.3, 0.4) is 0 Å². The Bertz CT molecular complexity index is 388. The Labute approximate surface area is 126 Å². The van der Waals surface area contributed by atoms with Crippen LogP contribution in [0, 0.1) is 5.92 Å². The fourth-order valence-electron chi connectivity index (χ4n) is 3.48. The van der Waals surface area contributed by atoms with E-state index in [1.54, 1.807) is 20.8 Å². The molecule has 0 aromatic heterocycles. The van der Waals surface area contributed by atoms with Gasteiger partial charge in [-0.05, 0) is 25.7 Å². The molecule has 6 heteroatoms. The van der Waals surface area contributed by atoms with Crippen LogP contribution >= 0.6 is 0 Å². The number of nitrogens with zero attached hydrogens (tertiary/aromatic N) is 1. The monoisotopic (exact) mass is 301 g/mol. The first-order valence-electron chi connectivity index (χ1n) is 7.70. The Morgan fingerprint density at radius 1 is 1.29 bits per heavy atom. The fraction of sp³-hybridized carbons (Fsp3) is 0.933. The number of aliphatic hydroxyl groups is 2. The van der Waals surface area contributed by atoms with Gasteiger partial charge in [-0.1, -0.05) is 13.8 Å². The van der Waals surface area contributed by atoms with E-state index in [1.807, 2.05) is 0 Å². The summed E-state index contributed by atoms with van der Waals surface area (Å²) in [5.74, 6) is -0.983. The van der Waals surface area contributed by atoms with Crippen molar-refractivity contribution in [3.05, 3.63) is 0 Å². The highest BCUT2D eigenvalue weighted by atomic mass is 16.6. The van der Waals surface area contributed by atoms with Gasteiger partial charge in [0.15, 0.2) is 5.60 Å². The maximum Gasteiger partial charge on any atom is 0.341 e. The second kappa shape index (κ2) is 6.20. The minimum atomic E-state index is -1.67. The van der Waals surface area contributed by atoms with Crippen LogP contribution < -0.4 is 0 Å². The number of fused-ring (bicyclic) bond motifs is 1. The Morgan fingerprint density at radius 3 is 2.48 bits per heavy atom. The summed E-state index contributed by atoms with van der Waals surface area (Å²) >= 11 is 0. The van der Waals surface area contributed by atoms with Crippen molar-refractivity contribution in [3.8, 4) is 0 Å². The number of methoxy groups -OCH3 is 1. The lowest BCUT2D eigenvalue weighted by Gasteiger charge is -2.36. The predicted molar refractivity (Wildman–Crippen MR) is 76.7 cm³/mol. The molecule has 0 aromatic rings. The van der Waals surface area contributed by atoms with Crippen molar-refractivity contribution in [2.24, 2.45) is 5.92 Å². The Balaban J connectivity index is 2.09. The van der Waals surface area contributed by atoms with E-state index >= 15 is 0 Å². The lowest BCUT2D eigenvalue weighted by atomic mass is 9.85. The van der Waals surface area contributed by atoms with Crippen LogP contribution in [0.4, 0.5) is 0 Å². The summed E-state index contributed by atoms with van der Waals surface area (Å²) in [5.41, 5.74) is -1.67. The van der Waals surface area contributed by atoms with E-state index in [2.05, 4.69) is 4.90 Å². The molecule has 0 aliphatic carbocycles. The molecule has 0 saturated carbocycles. The molecule has 0 radical (unpaired) electrons. The number of aliphatic hydroxyl groups excluding tert-OH is 1. The molecule has 0 amide bonds. The molecule has 0 unspecified atom stereocenters. The lowest BCUT2D eigenvalue weighted by molar-refractivity contribution is -0.194. The topological polar surface area (TPSA) is 79.2 Å². The molecule has 2 fully saturated rings. The van der Waals surface area contributed by atoms with Gasteiger partial charge in [-0.15, -0.1) is 0 Å². The number of carbonyl (C=O) groups excluding carboxylic acids is 1. The maximum atomic E-state index is 12.5. The predicted octanol–water partition coefficient (Wildman–Crippen LogP) is 0.159. The summed E-state index contributed by atoms with van der Waals surface area (Å²) in [6, 6.07) is -0.136. The molecular weight excluding hydrogens is 274 g/mol. The van der Waals surface area contributed by atoms with Crippen molar-refractivity contribution in [2.75, 3.05) is 20.2 Å². The van der Waals surface area contributed by atoms with Crippen molar-refractivity contribution in [3.63, 3.8) is 0 Å². The van der Waals surface area contributed by atoms with E-state index in [-0.39, 0.29) is 18.1 Å². The average Bonchev–Trinajstić information content (AvgIpc) is 3.01. The Hall–Kier alpha value is -0.690. The number of hydrogen-bond acceptors (Lipinski definition) is 6. The third kappa shape index (κ3) is 2.82. The quantitative estimate of drug-likeness (QED) is 0.704. The minimum Gasteiger partial charge on any atom is -0.458 e. The molecule has 2 N–H and O–H groups in total. The van der Waals surface area contributed by atoms with E-state index in [9.17, 15) is 15.0 Å². The first kappa shape index (κ1) is 16.7. The van der Waals surface area contributed by atoms with Crippen LogP contribution in [-0.2, 0) is 14.3 Å². The highest BCUT2D eigenvalue weighted by molar-refractivity contribution is 5.80. The maximum absolute atomic E-state index is 12.5. The second-order valence-electron chi connectivity index (χ2n) is 6.47. The van der Waals surface area contributed by atoms with Gasteiger partial charge in [-0.2, -0.15) is 0 Å². The van der Waals surface area contributed by atoms with Gasteiger partial charge in [0, 0.05) is 20.2 Å². The van der Waals surface area contributed by atoms with E-state index in [0.29, 0.717) is 12.8 Å². The SMILES string of the molecule is CO[C@H](C)[C@](O)(C(=O)O[C@@H]1CCN2CC[C@H](O)[C@H]12)C(C)C. The van der Waals surface area contributed by atoms with Gasteiger partial charge >= 0.3 is 5.97 Å². The number of rotatable bonds is 5. The van der Waals surface area contributed by atoms with Gasteiger partial charge in [-0.25, -0.2) is 4.79 Å². The van der Waals surface area contributed by atoms with E-state index < -0.39 is 23.8 Å². The summed E-state index contributed by atoms with van der Waals surface area (Å²) in [4.78, 5) is 14.7. The van der Waals surface area contributed by atoms with Crippen LogP contribution in [0.25, 0.3) is 0 Å².